The normalized spacial score (nSPS) is 25.4. The van der Waals surface area contributed by atoms with E-state index in [4.69, 9.17) is 0 Å². The first kappa shape index (κ1) is 15.8. The molecule has 2 unspecified atom stereocenters. The minimum absolute atomic E-state index is 0.0378. The Hall–Kier alpha value is -2.04. The highest BCUT2D eigenvalue weighted by molar-refractivity contribution is 5.80. The van der Waals surface area contributed by atoms with Crippen molar-refractivity contribution in [1.82, 2.24) is 10.6 Å². The van der Waals surface area contributed by atoms with Crippen molar-refractivity contribution < 1.29 is 9.59 Å². The van der Waals surface area contributed by atoms with E-state index in [1.165, 1.54) is 5.69 Å². The number of rotatable bonds is 3. The summed E-state index contributed by atoms with van der Waals surface area (Å²) in [6.07, 6.45) is 4.06. The van der Waals surface area contributed by atoms with Gasteiger partial charge in [0.2, 0.25) is 11.8 Å². The average molecular weight is 315 g/mol. The van der Waals surface area contributed by atoms with Crippen LogP contribution >= 0.6 is 0 Å². The van der Waals surface area contributed by atoms with Crippen LogP contribution in [0.1, 0.15) is 32.1 Å². The fraction of sp³-hybridized carbons (Fsp3) is 0.556. The second-order valence-electron chi connectivity index (χ2n) is 6.50. The lowest BCUT2D eigenvalue weighted by Crippen LogP contribution is -2.46. The molecular formula is C18H25N3O2. The maximum Gasteiger partial charge on any atom is 0.225 e. The first-order chi connectivity index (χ1) is 11.2. The van der Waals surface area contributed by atoms with Gasteiger partial charge < -0.3 is 15.5 Å². The van der Waals surface area contributed by atoms with Gasteiger partial charge in [0.1, 0.15) is 0 Å². The van der Waals surface area contributed by atoms with E-state index < -0.39 is 0 Å². The fourth-order valence-electron chi connectivity index (χ4n) is 3.45. The van der Waals surface area contributed by atoms with E-state index in [1.54, 1.807) is 0 Å². The minimum atomic E-state index is 0.0378. The van der Waals surface area contributed by atoms with E-state index >= 15 is 0 Å². The summed E-state index contributed by atoms with van der Waals surface area (Å²) in [5, 5.41) is 6.02. The Balaban J connectivity index is 1.55. The van der Waals surface area contributed by atoms with Crippen molar-refractivity contribution in [1.29, 1.82) is 0 Å². The van der Waals surface area contributed by atoms with Crippen molar-refractivity contribution in [3.8, 4) is 0 Å². The third-order valence-electron chi connectivity index (χ3n) is 4.79. The van der Waals surface area contributed by atoms with Crippen LogP contribution in [0.3, 0.4) is 0 Å². The number of carbonyl (C=O) groups excluding carboxylic acids is 2. The zero-order valence-electron chi connectivity index (χ0n) is 13.5. The van der Waals surface area contributed by atoms with Crippen LogP contribution < -0.4 is 15.5 Å². The number of anilines is 1. The van der Waals surface area contributed by atoms with Gasteiger partial charge in [-0.3, -0.25) is 9.59 Å². The van der Waals surface area contributed by atoms with Gasteiger partial charge >= 0.3 is 0 Å². The summed E-state index contributed by atoms with van der Waals surface area (Å²) >= 11 is 0. The average Bonchev–Trinajstić information content (AvgIpc) is 2.80. The summed E-state index contributed by atoms with van der Waals surface area (Å²) in [7, 11) is 0. The molecule has 124 valence electrons. The lowest BCUT2D eigenvalue weighted by atomic mass is 9.95. The molecular weight excluding hydrogens is 290 g/mol. The molecule has 2 amide bonds. The van der Waals surface area contributed by atoms with Gasteiger partial charge in [-0.1, -0.05) is 18.2 Å². The standard InChI is InChI=1S/C18H25N3O2/c22-17-9-8-15(10-11-19-17)20-18(23)14-5-4-12-21(13-14)16-6-2-1-3-7-16/h1-3,6-7,14-15H,4-5,8-13H2,(H,19,22)(H,20,23). The summed E-state index contributed by atoms with van der Waals surface area (Å²) in [4.78, 5) is 26.3. The van der Waals surface area contributed by atoms with Crippen molar-refractivity contribution in [2.75, 3.05) is 24.5 Å². The molecule has 0 bridgehead atoms. The third kappa shape index (κ3) is 4.24. The summed E-state index contributed by atoms with van der Waals surface area (Å²) in [5.74, 6) is 0.274. The zero-order chi connectivity index (χ0) is 16.1. The number of hydrogen-bond donors (Lipinski definition) is 2. The van der Waals surface area contributed by atoms with Crippen LogP contribution in [0.4, 0.5) is 5.69 Å². The first-order valence-electron chi connectivity index (χ1n) is 8.59. The minimum Gasteiger partial charge on any atom is -0.371 e. The maximum atomic E-state index is 12.6. The van der Waals surface area contributed by atoms with Gasteiger partial charge in [-0.25, -0.2) is 0 Å². The number of nitrogens with zero attached hydrogens (tertiary/aromatic N) is 1. The molecule has 2 fully saturated rings. The van der Waals surface area contributed by atoms with Crippen molar-refractivity contribution >= 4 is 17.5 Å². The Morgan fingerprint density at radius 1 is 1.17 bits per heavy atom. The molecule has 2 atom stereocenters. The third-order valence-corrected chi connectivity index (χ3v) is 4.79. The zero-order valence-corrected chi connectivity index (χ0v) is 13.5. The Labute approximate surface area is 137 Å². The number of benzene rings is 1. The molecule has 0 aliphatic carbocycles. The predicted octanol–water partition coefficient (Wildman–Crippen LogP) is 1.69. The number of para-hydroxylation sites is 1. The van der Waals surface area contributed by atoms with E-state index in [9.17, 15) is 9.59 Å². The molecule has 0 saturated carbocycles. The molecule has 3 rings (SSSR count). The Kier molecular flexibility index (Phi) is 5.16. The van der Waals surface area contributed by atoms with Crippen LogP contribution in [0.2, 0.25) is 0 Å². The lowest BCUT2D eigenvalue weighted by Gasteiger charge is -2.34. The number of amides is 2. The lowest BCUT2D eigenvalue weighted by molar-refractivity contribution is -0.126. The van der Waals surface area contributed by atoms with Gasteiger partial charge in [-0.2, -0.15) is 0 Å². The molecule has 5 heteroatoms. The number of nitrogens with one attached hydrogen (secondary N) is 2. The molecule has 1 aromatic carbocycles. The summed E-state index contributed by atoms with van der Waals surface area (Å²) in [6, 6.07) is 10.4. The van der Waals surface area contributed by atoms with Gasteiger partial charge in [0.05, 0.1) is 5.92 Å². The van der Waals surface area contributed by atoms with Crippen LogP contribution in [0, 0.1) is 5.92 Å². The van der Waals surface area contributed by atoms with Gasteiger partial charge in [0, 0.05) is 37.8 Å². The van der Waals surface area contributed by atoms with Crippen molar-refractivity contribution in [2.45, 2.75) is 38.1 Å². The predicted molar refractivity (Wildman–Crippen MR) is 90.2 cm³/mol. The van der Waals surface area contributed by atoms with Gasteiger partial charge in [-0.05, 0) is 37.8 Å². The molecule has 2 aliphatic heterocycles. The molecule has 2 aliphatic rings. The summed E-state index contributed by atoms with van der Waals surface area (Å²) in [6.45, 7) is 2.44. The van der Waals surface area contributed by atoms with Crippen LogP contribution in [-0.4, -0.2) is 37.5 Å². The largest absolute Gasteiger partial charge is 0.371 e. The molecule has 5 nitrogen and oxygen atoms in total. The summed E-state index contributed by atoms with van der Waals surface area (Å²) in [5.41, 5.74) is 1.19. The highest BCUT2D eigenvalue weighted by atomic mass is 16.2. The second kappa shape index (κ2) is 7.49. The van der Waals surface area contributed by atoms with Crippen LogP contribution in [0.15, 0.2) is 30.3 Å². The molecule has 2 saturated heterocycles. The SMILES string of the molecule is O=C1CCC(NC(=O)C2CCCN(c3ccccc3)C2)CCN1. The van der Waals surface area contributed by atoms with Crippen molar-refractivity contribution in [3.63, 3.8) is 0 Å². The number of piperidine rings is 1. The highest BCUT2D eigenvalue weighted by Crippen LogP contribution is 2.23. The van der Waals surface area contributed by atoms with Crippen LogP contribution in [0.25, 0.3) is 0 Å². The molecule has 0 aromatic heterocycles. The smallest absolute Gasteiger partial charge is 0.225 e. The topological polar surface area (TPSA) is 61.4 Å². The second-order valence-corrected chi connectivity index (χ2v) is 6.50. The summed E-state index contributed by atoms with van der Waals surface area (Å²) < 4.78 is 0. The van der Waals surface area contributed by atoms with E-state index in [0.717, 1.165) is 38.8 Å². The maximum absolute atomic E-state index is 12.6. The van der Waals surface area contributed by atoms with Gasteiger partial charge in [0.15, 0.2) is 0 Å². The number of hydrogen-bond acceptors (Lipinski definition) is 3. The quantitative estimate of drug-likeness (QED) is 0.892. The van der Waals surface area contributed by atoms with E-state index in [2.05, 4.69) is 27.7 Å². The molecule has 1 aromatic rings. The van der Waals surface area contributed by atoms with E-state index in [1.807, 2.05) is 18.2 Å². The Morgan fingerprint density at radius 3 is 2.83 bits per heavy atom. The Bertz CT molecular complexity index is 546. The number of carbonyl (C=O) groups is 2. The molecule has 23 heavy (non-hydrogen) atoms. The molecule has 0 spiro atoms. The monoisotopic (exact) mass is 315 g/mol. The van der Waals surface area contributed by atoms with Crippen molar-refractivity contribution in [2.24, 2.45) is 5.92 Å². The van der Waals surface area contributed by atoms with Crippen molar-refractivity contribution in [3.05, 3.63) is 30.3 Å². The fourth-order valence-corrected chi connectivity index (χ4v) is 3.45. The van der Waals surface area contributed by atoms with Crippen LogP contribution in [0.5, 0.6) is 0 Å². The molecule has 2 N–H and O–H groups in total. The van der Waals surface area contributed by atoms with Gasteiger partial charge in [-0.15, -0.1) is 0 Å². The van der Waals surface area contributed by atoms with Crippen LogP contribution in [-0.2, 0) is 9.59 Å². The Morgan fingerprint density at radius 2 is 2.00 bits per heavy atom. The first-order valence-corrected chi connectivity index (χ1v) is 8.59. The van der Waals surface area contributed by atoms with E-state index in [-0.39, 0.29) is 23.8 Å². The molecule has 2 heterocycles. The van der Waals surface area contributed by atoms with Gasteiger partial charge in [0.25, 0.3) is 0 Å². The highest BCUT2D eigenvalue weighted by Gasteiger charge is 2.28. The van der Waals surface area contributed by atoms with E-state index in [0.29, 0.717) is 13.0 Å². The molecule has 0 radical (unpaired) electrons.